The second-order valence-electron chi connectivity index (χ2n) is 9.12. The van der Waals surface area contributed by atoms with Crippen molar-refractivity contribution < 1.29 is 14.0 Å². The van der Waals surface area contributed by atoms with E-state index in [1.807, 2.05) is 74.0 Å². The number of nitrogens with zero attached hydrogens (tertiary/aromatic N) is 2. The first-order chi connectivity index (χ1) is 17.3. The van der Waals surface area contributed by atoms with Gasteiger partial charge in [0.15, 0.2) is 0 Å². The van der Waals surface area contributed by atoms with Crippen molar-refractivity contribution in [3.8, 4) is 0 Å². The van der Waals surface area contributed by atoms with Crippen LogP contribution in [0.3, 0.4) is 0 Å². The van der Waals surface area contributed by atoms with E-state index in [0.717, 1.165) is 22.0 Å². The van der Waals surface area contributed by atoms with Crippen LogP contribution in [0.5, 0.6) is 0 Å². The topological polar surface area (TPSA) is 75.5 Å². The number of aryl methyl sites for hydroxylation is 1. The Bertz CT molecular complexity index is 1410. The van der Waals surface area contributed by atoms with Gasteiger partial charge >= 0.3 is 0 Å². The molecule has 1 atom stereocenters. The van der Waals surface area contributed by atoms with Crippen LogP contribution in [0.1, 0.15) is 40.9 Å². The monoisotopic (exact) mass is 484 g/mol. The third kappa shape index (κ3) is 5.68. The molecule has 4 rings (SSSR count). The number of hydrazone groups is 1. The largest absolute Gasteiger partial charge is 0.342 e. The molecule has 0 saturated heterocycles. The maximum Gasteiger partial charge on any atom is 0.262 e. The molecule has 184 valence electrons. The summed E-state index contributed by atoms with van der Waals surface area (Å²) in [5, 5.41) is 7.89. The number of halogens is 1. The van der Waals surface area contributed by atoms with Gasteiger partial charge in [0.25, 0.3) is 11.8 Å². The van der Waals surface area contributed by atoms with E-state index < -0.39 is 11.9 Å². The predicted molar refractivity (Wildman–Crippen MR) is 140 cm³/mol. The first-order valence-electron chi connectivity index (χ1n) is 11.8. The highest BCUT2D eigenvalue weighted by atomic mass is 19.1. The third-order valence-electron chi connectivity index (χ3n) is 6.05. The van der Waals surface area contributed by atoms with Crippen LogP contribution in [-0.2, 0) is 11.3 Å². The molecule has 0 aliphatic carbocycles. The average molecular weight is 485 g/mol. The van der Waals surface area contributed by atoms with Gasteiger partial charge in [0.05, 0.1) is 12.8 Å². The van der Waals surface area contributed by atoms with E-state index >= 15 is 0 Å². The maximum absolute atomic E-state index is 14.2. The zero-order valence-electron chi connectivity index (χ0n) is 20.5. The predicted octanol–water partition coefficient (Wildman–Crippen LogP) is 5.04. The van der Waals surface area contributed by atoms with Gasteiger partial charge in [0.1, 0.15) is 11.9 Å². The Hall–Kier alpha value is -4.26. The number of fused-ring (bicyclic) bond motifs is 1. The van der Waals surface area contributed by atoms with Crippen molar-refractivity contribution in [2.75, 3.05) is 0 Å². The number of hydrogen-bond acceptors (Lipinski definition) is 3. The Morgan fingerprint density at radius 2 is 1.69 bits per heavy atom. The highest BCUT2D eigenvalue weighted by Crippen LogP contribution is 2.22. The molecule has 6 nitrogen and oxygen atoms in total. The standard InChI is InChI=1S/C29H29FN4O2/c1-19(2)27(32-28(35)21-14-12-20(3)13-15-21)29(36)33-31-16-23-18-34(26-11-7-5-9-24(23)26)17-22-8-4-6-10-25(22)30/h4-16,18-19,27H,17H2,1-3H3,(H,32,35)(H,33,36). The van der Waals surface area contributed by atoms with E-state index in [2.05, 4.69) is 15.8 Å². The fourth-order valence-corrected chi connectivity index (χ4v) is 4.02. The van der Waals surface area contributed by atoms with Crippen molar-refractivity contribution in [2.45, 2.75) is 33.4 Å². The number of para-hydroxylation sites is 1. The first kappa shape index (κ1) is 24.9. The quantitative estimate of drug-likeness (QED) is 0.272. The molecular weight excluding hydrogens is 455 g/mol. The number of amides is 2. The number of rotatable bonds is 8. The van der Waals surface area contributed by atoms with Crippen LogP contribution in [0, 0.1) is 18.7 Å². The SMILES string of the molecule is Cc1ccc(C(=O)NC(C(=O)NN=Cc2cn(Cc3ccccc3F)c3ccccc23)C(C)C)cc1. The van der Waals surface area contributed by atoms with Gasteiger partial charge in [0, 0.05) is 33.8 Å². The zero-order valence-corrected chi connectivity index (χ0v) is 20.5. The van der Waals surface area contributed by atoms with Gasteiger partial charge in [0.2, 0.25) is 0 Å². The molecule has 2 amide bonds. The number of carbonyl (C=O) groups excluding carboxylic acids is 2. The average Bonchev–Trinajstić information content (AvgIpc) is 3.21. The highest BCUT2D eigenvalue weighted by Gasteiger charge is 2.24. The van der Waals surface area contributed by atoms with E-state index in [-0.39, 0.29) is 17.6 Å². The number of benzene rings is 3. The van der Waals surface area contributed by atoms with Crippen LogP contribution in [0.15, 0.2) is 84.1 Å². The molecule has 0 fully saturated rings. The lowest BCUT2D eigenvalue weighted by Gasteiger charge is -2.20. The van der Waals surface area contributed by atoms with Crippen molar-refractivity contribution in [3.63, 3.8) is 0 Å². The smallest absolute Gasteiger partial charge is 0.262 e. The van der Waals surface area contributed by atoms with Crippen LogP contribution < -0.4 is 10.7 Å². The van der Waals surface area contributed by atoms with Crippen molar-refractivity contribution in [1.82, 2.24) is 15.3 Å². The van der Waals surface area contributed by atoms with Crippen LogP contribution in [0.2, 0.25) is 0 Å². The van der Waals surface area contributed by atoms with Gasteiger partial charge in [-0.1, -0.05) is 67.9 Å². The molecule has 4 aromatic rings. The van der Waals surface area contributed by atoms with E-state index in [1.54, 1.807) is 30.5 Å². The number of aromatic nitrogens is 1. The maximum atomic E-state index is 14.2. The summed E-state index contributed by atoms with van der Waals surface area (Å²) in [6.45, 7) is 6.04. The van der Waals surface area contributed by atoms with Crippen molar-refractivity contribution in [1.29, 1.82) is 0 Å². The molecule has 1 heterocycles. The molecule has 7 heteroatoms. The summed E-state index contributed by atoms with van der Waals surface area (Å²) in [6, 6.07) is 20.9. The van der Waals surface area contributed by atoms with E-state index in [1.165, 1.54) is 6.07 Å². The number of nitrogens with one attached hydrogen (secondary N) is 2. The van der Waals surface area contributed by atoms with E-state index in [9.17, 15) is 14.0 Å². The molecule has 3 aromatic carbocycles. The molecule has 1 unspecified atom stereocenters. The Morgan fingerprint density at radius 1 is 1.00 bits per heavy atom. The summed E-state index contributed by atoms with van der Waals surface area (Å²) in [5.74, 6) is -1.12. The molecule has 0 aliphatic rings. The Labute approximate surface area is 209 Å². The highest BCUT2D eigenvalue weighted by molar-refractivity contribution is 6.00. The van der Waals surface area contributed by atoms with Crippen molar-refractivity contribution in [2.24, 2.45) is 11.0 Å². The van der Waals surface area contributed by atoms with Gasteiger partial charge in [-0.3, -0.25) is 9.59 Å². The van der Waals surface area contributed by atoms with Crippen LogP contribution in [0.25, 0.3) is 10.9 Å². The molecule has 0 bridgehead atoms. The lowest BCUT2D eigenvalue weighted by molar-refractivity contribution is -0.123. The van der Waals surface area contributed by atoms with Crippen molar-refractivity contribution >= 4 is 28.9 Å². The Morgan fingerprint density at radius 3 is 2.42 bits per heavy atom. The minimum absolute atomic E-state index is 0.141. The van der Waals surface area contributed by atoms with Gasteiger partial charge in [-0.25, -0.2) is 9.82 Å². The second kappa shape index (κ2) is 11.0. The van der Waals surface area contributed by atoms with E-state index in [0.29, 0.717) is 17.7 Å². The minimum Gasteiger partial charge on any atom is -0.342 e. The summed E-state index contributed by atoms with van der Waals surface area (Å²) in [5.41, 5.74) is 6.40. The molecule has 1 aromatic heterocycles. The lowest BCUT2D eigenvalue weighted by Crippen LogP contribution is -2.48. The Kier molecular flexibility index (Phi) is 7.59. The fraction of sp³-hybridized carbons (Fsp3) is 0.207. The van der Waals surface area contributed by atoms with Crippen LogP contribution in [0.4, 0.5) is 4.39 Å². The lowest BCUT2D eigenvalue weighted by atomic mass is 10.0. The summed E-state index contributed by atoms with van der Waals surface area (Å²) >= 11 is 0. The second-order valence-corrected chi connectivity index (χ2v) is 9.12. The molecular formula is C29H29FN4O2. The van der Waals surface area contributed by atoms with Crippen molar-refractivity contribution in [3.05, 3.63) is 107 Å². The molecule has 0 radical (unpaired) electrons. The molecule has 0 spiro atoms. The summed E-state index contributed by atoms with van der Waals surface area (Å²) < 4.78 is 16.2. The third-order valence-corrected chi connectivity index (χ3v) is 6.05. The molecule has 36 heavy (non-hydrogen) atoms. The fourth-order valence-electron chi connectivity index (χ4n) is 4.02. The van der Waals surface area contributed by atoms with Gasteiger partial charge in [-0.2, -0.15) is 5.10 Å². The van der Waals surface area contributed by atoms with Gasteiger partial charge in [-0.15, -0.1) is 0 Å². The van der Waals surface area contributed by atoms with Gasteiger partial charge in [-0.05, 0) is 37.1 Å². The zero-order chi connectivity index (χ0) is 25.7. The Balaban J connectivity index is 1.49. The minimum atomic E-state index is -0.752. The molecule has 0 aliphatic heterocycles. The number of carbonyl (C=O) groups is 2. The first-order valence-corrected chi connectivity index (χ1v) is 11.8. The van der Waals surface area contributed by atoms with E-state index in [4.69, 9.17) is 0 Å². The number of hydrogen-bond donors (Lipinski definition) is 2. The van der Waals surface area contributed by atoms with Crippen LogP contribution >= 0.6 is 0 Å². The summed E-state index contributed by atoms with van der Waals surface area (Å²) in [7, 11) is 0. The molecule has 0 saturated carbocycles. The summed E-state index contributed by atoms with van der Waals surface area (Å²) in [4.78, 5) is 25.5. The van der Waals surface area contributed by atoms with Crippen LogP contribution in [-0.4, -0.2) is 28.6 Å². The van der Waals surface area contributed by atoms with Gasteiger partial charge < -0.3 is 9.88 Å². The molecule has 2 N–H and O–H groups in total. The summed E-state index contributed by atoms with van der Waals surface area (Å²) in [6.07, 6.45) is 3.45. The normalized spacial score (nSPS) is 12.2.